The Labute approximate surface area is 163 Å². The van der Waals surface area contributed by atoms with E-state index in [-0.39, 0.29) is 11.1 Å². The average Bonchev–Trinajstić information content (AvgIpc) is 3.01. The normalized spacial score (nSPS) is 39.3. The van der Waals surface area contributed by atoms with Crippen molar-refractivity contribution in [3.8, 4) is 0 Å². The van der Waals surface area contributed by atoms with Crippen LogP contribution in [0.15, 0.2) is 48.5 Å². The van der Waals surface area contributed by atoms with Crippen LogP contribution in [0, 0.1) is 11.8 Å². The van der Waals surface area contributed by atoms with E-state index in [0.29, 0.717) is 5.41 Å². The summed E-state index contributed by atoms with van der Waals surface area (Å²) in [7, 11) is 0. The van der Waals surface area contributed by atoms with E-state index in [1.165, 1.54) is 56.1 Å². The van der Waals surface area contributed by atoms with Gasteiger partial charge in [0.25, 0.3) is 0 Å². The molecule has 0 radical (unpaired) electrons. The zero-order valence-electron chi connectivity index (χ0n) is 16.7. The molecule has 1 N–H and O–H groups in total. The molecular formula is C26H31N. The molecule has 2 heterocycles. The summed E-state index contributed by atoms with van der Waals surface area (Å²) in [6.45, 7) is 4.89. The van der Waals surface area contributed by atoms with E-state index in [1.54, 1.807) is 11.1 Å². The number of hydrogen-bond donors (Lipinski definition) is 1. The van der Waals surface area contributed by atoms with Crippen molar-refractivity contribution in [3.05, 3.63) is 70.8 Å². The van der Waals surface area contributed by atoms with E-state index in [9.17, 15) is 0 Å². The van der Waals surface area contributed by atoms with Gasteiger partial charge in [-0.25, -0.2) is 0 Å². The maximum absolute atomic E-state index is 4.14. The van der Waals surface area contributed by atoms with Gasteiger partial charge < -0.3 is 0 Å². The lowest BCUT2D eigenvalue weighted by atomic mass is 9.74. The first-order valence-corrected chi connectivity index (χ1v) is 11.0. The zero-order chi connectivity index (χ0) is 18.3. The lowest BCUT2D eigenvalue weighted by Gasteiger charge is -2.39. The van der Waals surface area contributed by atoms with Gasteiger partial charge in [0.2, 0.25) is 0 Å². The maximum atomic E-state index is 4.14. The molecule has 27 heavy (non-hydrogen) atoms. The van der Waals surface area contributed by atoms with E-state index in [0.717, 1.165) is 11.8 Å². The molecule has 0 amide bonds. The predicted molar refractivity (Wildman–Crippen MR) is 111 cm³/mol. The van der Waals surface area contributed by atoms with E-state index >= 15 is 0 Å². The fraction of sp³-hybridized carbons (Fsp3) is 0.538. The Bertz CT molecular complexity index is 910. The van der Waals surface area contributed by atoms with Gasteiger partial charge in [-0.1, -0.05) is 74.2 Å². The highest BCUT2D eigenvalue weighted by atomic mass is 15.1. The Balaban J connectivity index is 1.55. The van der Waals surface area contributed by atoms with Crippen LogP contribution in [-0.4, -0.2) is 0 Å². The smallest absolute Gasteiger partial charge is 0.0674 e. The van der Waals surface area contributed by atoms with Crippen LogP contribution in [0.25, 0.3) is 0 Å². The van der Waals surface area contributed by atoms with Gasteiger partial charge in [-0.3, -0.25) is 5.32 Å². The van der Waals surface area contributed by atoms with Crippen molar-refractivity contribution in [3.63, 3.8) is 0 Å². The summed E-state index contributed by atoms with van der Waals surface area (Å²) in [5.41, 5.74) is 6.71. The molecular weight excluding hydrogens is 326 g/mol. The molecule has 2 aromatic rings. The fourth-order valence-corrected chi connectivity index (χ4v) is 7.37. The lowest BCUT2D eigenvalue weighted by Crippen LogP contribution is -2.47. The van der Waals surface area contributed by atoms with Gasteiger partial charge >= 0.3 is 0 Å². The van der Waals surface area contributed by atoms with Crippen molar-refractivity contribution in [1.82, 2.24) is 5.32 Å². The molecule has 2 fully saturated rings. The van der Waals surface area contributed by atoms with Crippen molar-refractivity contribution < 1.29 is 0 Å². The summed E-state index contributed by atoms with van der Waals surface area (Å²) in [5.74, 6) is 1.78. The van der Waals surface area contributed by atoms with Crippen LogP contribution in [0.2, 0.25) is 0 Å². The van der Waals surface area contributed by atoms with Gasteiger partial charge in [0, 0.05) is 5.54 Å². The van der Waals surface area contributed by atoms with Crippen LogP contribution < -0.4 is 5.32 Å². The number of nitrogens with one attached hydrogen (secondary N) is 1. The maximum Gasteiger partial charge on any atom is 0.0674 e. The zero-order valence-corrected chi connectivity index (χ0v) is 16.7. The van der Waals surface area contributed by atoms with E-state index in [1.807, 2.05) is 0 Å². The van der Waals surface area contributed by atoms with Crippen LogP contribution in [0.3, 0.4) is 0 Å². The molecule has 0 aromatic heterocycles. The number of rotatable bonds is 2. The predicted octanol–water partition coefficient (Wildman–Crippen LogP) is 6.01. The highest BCUT2D eigenvalue weighted by Gasteiger charge is 2.63. The fourth-order valence-electron chi connectivity index (χ4n) is 7.37. The van der Waals surface area contributed by atoms with Crippen molar-refractivity contribution in [2.45, 2.75) is 75.3 Å². The van der Waals surface area contributed by atoms with Crippen molar-refractivity contribution in [1.29, 1.82) is 0 Å². The first-order chi connectivity index (χ1) is 13.1. The Morgan fingerprint density at radius 1 is 0.815 bits per heavy atom. The molecule has 2 bridgehead atoms. The Morgan fingerprint density at radius 2 is 1.41 bits per heavy atom. The van der Waals surface area contributed by atoms with Crippen molar-refractivity contribution in [2.75, 3.05) is 0 Å². The third-order valence-electron chi connectivity index (χ3n) is 8.60. The van der Waals surface area contributed by atoms with Gasteiger partial charge in [0.1, 0.15) is 0 Å². The van der Waals surface area contributed by atoms with Gasteiger partial charge in [-0.2, -0.15) is 0 Å². The highest BCUT2D eigenvalue weighted by Crippen LogP contribution is 2.67. The second-order valence-electron chi connectivity index (χ2n) is 10.3. The monoisotopic (exact) mass is 357 g/mol. The quantitative estimate of drug-likeness (QED) is 0.694. The van der Waals surface area contributed by atoms with Crippen LogP contribution in [0.4, 0.5) is 0 Å². The van der Waals surface area contributed by atoms with Gasteiger partial charge in [0.05, 0.1) is 5.54 Å². The molecule has 0 saturated heterocycles. The summed E-state index contributed by atoms with van der Waals surface area (Å²) in [6, 6.07) is 18.6. The summed E-state index contributed by atoms with van der Waals surface area (Å²) in [4.78, 5) is 0. The number of benzene rings is 2. The largest absolute Gasteiger partial charge is 0.294 e. The minimum Gasteiger partial charge on any atom is -0.294 e. The summed E-state index contributed by atoms with van der Waals surface area (Å²) in [6.07, 6.45) is 9.94. The lowest BCUT2D eigenvalue weighted by molar-refractivity contribution is 0.255. The van der Waals surface area contributed by atoms with Crippen LogP contribution >= 0.6 is 0 Å². The second-order valence-corrected chi connectivity index (χ2v) is 10.3. The topological polar surface area (TPSA) is 12.0 Å². The number of hydrogen-bond acceptors (Lipinski definition) is 1. The van der Waals surface area contributed by atoms with Crippen LogP contribution in [0.5, 0.6) is 0 Å². The molecule has 6 rings (SSSR count). The van der Waals surface area contributed by atoms with Crippen LogP contribution in [-0.2, 0) is 16.5 Å². The average molecular weight is 358 g/mol. The van der Waals surface area contributed by atoms with Gasteiger partial charge in [-0.05, 0) is 72.6 Å². The molecule has 2 aliphatic carbocycles. The van der Waals surface area contributed by atoms with E-state index < -0.39 is 0 Å². The second kappa shape index (κ2) is 5.26. The molecule has 2 aromatic carbocycles. The first kappa shape index (κ1) is 16.4. The third-order valence-corrected chi connectivity index (χ3v) is 8.60. The Morgan fingerprint density at radius 3 is 2.11 bits per heavy atom. The van der Waals surface area contributed by atoms with E-state index in [4.69, 9.17) is 0 Å². The molecule has 1 nitrogen and oxygen atoms in total. The van der Waals surface area contributed by atoms with Gasteiger partial charge in [-0.15, -0.1) is 0 Å². The first-order valence-electron chi connectivity index (χ1n) is 11.0. The summed E-state index contributed by atoms with van der Waals surface area (Å²) >= 11 is 0. The summed E-state index contributed by atoms with van der Waals surface area (Å²) < 4.78 is 0. The van der Waals surface area contributed by atoms with Gasteiger partial charge in [0.15, 0.2) is 0 Å². The molecule has 0 unspecified atom stereocenters. The van der Waals surface area contributed by atoms with Crippen molar-refractivity contribution >= 4 is 0 Å². The molecule has 2 saturated carbocycles. The Hall–Kier alpha value is -1.60. The number of fused-ring (bicyclic) bond motifs is 9. The third kappa shape index (κ3) is 2.10. The molecule has 0 spiro atoms. The molecule has 2 aliphatic heterocycles. The van der Waals surface area contributed by atoms with Crippen LogP contribution in [0.1, 0.15) is 81.0 Å². The Kier molecular flexibility index (Phi) is 3.19. The molecule has 4 aliphatic rings. The van der Waals surface area contributed by atoms with E-state index in [2.05, 4.69) is 67.7 Å². The molecule has 1 heteroatoms. The minimum atomic E-state index is -0.0713. The summed E-state index contributed by atoms with van der Waals surface area (Å²) in [5, 5.41) is 4.14. The molecule has 140 valence electrons. The molecule has 4 atom stereocenters. The highest BCUT2D eigenvalue weighted by molar-refractivity contribution is 5.56. The SMILES string of the molecule is C[C@]12N[C@](C)(C[C@@H]3C[C@]3(CC3CCCC3)c3ccccc31)c1ccccc12. The van der Waals surface area contributed by atoms with Crippen molar-refractivity contribution in [2.24, 2.45) is 11.8 Å². The minimum absolute atomic E-state index is 0.0713. The standard InChI is InChI=1S/C26H31N/c1-24-16-19-17-26(19,15-18-9-3-4-10-18)23-14-8-7-13-22(23)25(2,27-24)21-12-6-5-11-20(21)24/h5-8,11-14,18-19,27H,3-4,9-10,15-17H2,1-2H3/t19-,24-,25-,26+/m1/s1.